The summed E-state index contributed by atoms with van der Waals surface area (Å²) < 4.78 is 11.6. The Morgan fingerprint density at radius 1 is 0.950 bits per heavy atom. The number of aromatic amines is 1. The molecule has 5 aromatic rings. The molecule has 1 aromatic heterocycles. The molecule has 0 atom stereocenters. The fourth-order valence-electron chi connectivity index (χ4n) is 4.57. The van der Waals surface area contributed by atoms with Crippen LogP contribution in [0.4, 0.5) is 0 Å². The van der Waals surface area contributed by atoms with E-state index >= 15 is 0 Å². The van der Waals surface area contributed by atoms with Gasteiger partial charge in [0.1, 0.15) is 17.2 Å². The summed E-state index contributed by atoms with van der Waals surface area (Å²) in [4.78, 5) is 29.5. The van der Waals surface area contributed by atoms with Gasteiger partial charge in [-0.1, -0.05) is 64.0 Å². The number of ether oxygens (including phenoxy) is 2. The van der Waals surface area contributed by atoms with Crippen molar-refractivity contribution >= 4 is 44.9 Å². The van der Waals surface area contributed by atoms with Crippen LogP contribution in [-0.2, 0) is 0 Å². The van der Waals surface area contributed by atoms with Crippen molar-refractivity contribution in [3.05, 3.63) is 117 Å². The topological polar surface area (TPSA) is 92.8 Å². The fourth-order valence-corrected chi connectivity index (χ4v) is 4.94. The first-order valence-electron chi connectivity index (χ1n) is 12.5. The highest BCUT2D eigenvalue weighted by Crippen LogP contribution is 2.34. The molecule has 0 fully saturated rings. The third kappa shape index (κ3) is 5.67. The number of esters is 1. The largest absolute Gasteiger partial charge is 0.497 e. The average molecular weight is 596 g/mol. The van der Waals surface area contributed by atoms with Crippen LogP contribution in [-0.4, -0.2) is 30.2 Å². The number of nitrogens with one attached hydrogen (secondary N) is 2. The van der Waals surface area contributed by atoms with E-state index in [-0.39, 0.29) is 5.75 Å². The van der Waals surface area contributed by atoms with E-state index in [1.807, 2.05) is 44.2 Å². The number of fused-ring (bicyclic) bond motifs is 1. The van der Waals surface area contributed by atoms with E-state index < -0.39 is 11.9 Å². The minimum atomic E-state index is -0.545. The lowest BCUT2D eigenvalue weighted by Gasteiger charge is -2.09. The number of hydrazone groups is 1. The molecule has 2 N–H and O–H groups in total. The summed E-state index contributed by atoms with van der Waals surface area (Å²) in [6.45, 7) is 4.05. The Balaban J connectivity index is 1.42. The van der Waals surface area contributed by atoms with Gasteiger partial charge in [-0.3, -0.25) is 4.79 Å². The van der Waals surface area contributed by atoms with Gasteiger partial charge in [-0.2, -0.15) is 5.10 Å². The maximum atomic E-state index is 13.4. The highest BCUT2D eigenvalue weighted by atomic mass is 79.9. The molecule has 8 heteroatoms. The summed E-state index contributed by atoms with van der Waals surface area (Å²) in [6, 6.07) is 25.8. The van der Waals surface area contributed by atoms with E-state index in [1.165, 1.54) is 13.3 Å². The molecule has 7 nitrogen and oxygen atoms in total. The Morgan fingerprint density at radius 3 is 2.52 bits per heavy atom. The highest BCUT2D eigenvalue weighted by molar-refractivity contribution is 9.10. The van der Waals surface area contributed by atoms with Gasteiger partial charge in [-0.05, 0) is 67.4 Å². The Hall–Kier alpha value is -4.69. The number of nitrogens with zero attached hydrogens (tertiary/aromatic N) is 1. The lowest BCUT2D eigenvalue weighted by Crippen LogP contribution is -2.19. The molecule has 1 amide bonds. The molecule has 0 aliphatic carbocycles. The van der Waals surface area contributed by atoms with Crippen molar-refractivity contribution in [3.63, 3.8) is 0 Å². The van der Waals surface area contributed by atoms with Crippen molar-refractivity contribution in [1.82, 2.24) is 10.4 Å². The number of methoxy groups -OCH3 is 1. The van der Waals surface area contributed by atoms with Gasteiger partial charge in [0.25, 0.3) is 5.91 Å². The van der Waals surface area contributed by atoms with Gasteiger partial charge in [0, 0.05) is 26.5 Å². The zero-order valence-corrected chi connectivity index (χ0v) is 23.7. The number of hydrogen-bond donors (Lipinski definition) is 2. The van der Waals surface area contributed by atoms with Crippen LogP contribution in [0.15, 0.2) is 94.5 Å². The van der Waals surface area contributed by atoms with E-state index in [9.17, 15) is 9.59 Å². The summed E-state index contributed by atoms with van der Waals surface area (Å²) in [5.74, 6) is -0.105. The van der Waals surface area contributed by atoms with Gasteiger partial charge in [0.15, 0.2) is 0 Å². The number of aryl methyl sites for hydroxylation is 2. The summed E-state index contributed by atoms with van der Waals surface area (Å²) in [5, 5.41) is 5.16. The molecule has 1 heterocycles. The smallest absolute Gasteiger partial charge is 0.343 e. The number of hydrogen-bond acceptors (Lipinski definition) is 5. The monoisotopic (exact) mass is 595 g/mol. The second kappa shape index (κ2) is 11.6. The number of amides is 1. The molecule has 0 aliphatic rings. The average Bonchev–Trinajstić information content (AvgIpc) is 3.34. The van der Waals surface area contributed by atoms with Crippen LogP contribution in [0.3, 0.4) is 0 Å². The van der Waals surface area contributed by atoms with Gasteiger partial charge in [0.2, 0.25) is 0 Å². The number of benzene rings is 4. The Labute approximate surface area is 240 Å². The van der Waals surface area contributed by atoms with E-state index in [2.05, 4.69) is 43.6 Å². The number of carbonyl (C=O) groups excluding carboxylic acids is 2. The molecule has 200 valence electrons. The molecule has 0 spiro atoms. The molecule has 5 rings (SSSR count). The molecule has 4 aromatic carbocycles. The first kappa shape index (κ1) is 26.9. The van der Waals surface area contributed by atoms with Gasteiger partial charge in [-0.15, -0.1) is 0 Å². The molecule has 40 heavy (non-hydrogen) atoms. The van der Waals surface area contributed by atoms with Crippen LogP contribution in [0.1, 0.15) is 37.5 Å². The van der Waals surface area contributed by atoms with E-state index in [4.69, 9.17) is 9.47 Å². The molecule has 0 saturated carbocycles. The van der Waals surface area contributed by atoms with E-state index in [0.717, 1.165) is 37.6 Å². The third-order valence-corrected chi connectivity index (χ3v) is 6.88. The number of halogens is 1. The molecule has 0 bridgehead atoms. The van der Waals surface area contributed by atoms with Crippen LogP contribution < -0.4 is 14.9 Å². The van der Waals surface area contributed by atoms with Crippen molar-refractivity contribution in [3.8, 4) is 22.6 Å². The van der Waals surface area contributed by atoms with Gasteiger partial charge in [-0.25, -0.2) is 10.2 Å². The predicted molar refractivity (Wildman–Crippen MR) is 160 cm³/mol. The van der Waals surface area contributed by atoms with Crippen molar-refractivity contribution in [2.45, 2.75) is 13.8 Å². The Morgan fingerprint density at radius 2 is 1.75 bits per heavy atom. The van der Waals surface area contributed by atoms with Gasteiger partial charge in [0.05, 0.1) is 18.9 Å². The van der Waals surface area contributed by atoms with Crippen LogP contribution in [0.25, 0.3) is 22.0 Å². The first-order valence-corrected chi connectivity index (χ1v) is 13.3. The second-order valence-electron chi connectivity index (χ2n) is 9.25. The minimum Gasteiger partial charge on any atom is -0.497 e. The maximum Gasteiger partial charge on any atom is 0.343 e. The summed E-state index contributed by atoms with van der Waals surface area (Å²) in [5.41, 5.74) is 8.67. The summed E-state index contributed by atoms with van der Waals surface area (Å²) in [7, 11) is 1.53. The Bertz CT molecular complexity index is 1760. The predicted octanol–water partition coefficient (Wildman–Crippen LogP) is 7.21. The first-order chi connectivity index (χ1) is 19.3. The normalized spacial score (nSPS) is 11.1. The number of carbonyl (C=O) groups is 2. The zero-order valence-electron chi connectivity index (χ0n) is 22.1. The second-order valence-corrected chi connectivity index (χ2v) is 10.2. The number of H-pyrrole nitrogens is 1. The highest BCUT2D eigenvalue weighted by Gasteiger charge is 2.20. The van der Waals surface area contributed by atoms with E-state index in [0.29, 0.717) is 22.6 Å². The fraction of sp³-hybridized carbons (Fsp3) is 0.0938. The SMILES string of the molecule is COc1cccc(C(=O)Oc2ccc(Br)cc2C=NNC(=O)c2[nH]c3c(C)cc(C)cc3c2-c2ccccc2)c1. The van der Waals surface area contributed by atoms with Crippen molar-refractivity contribution in [2.24, 2.45) is 5.10 Å². The Kier molecular flexibility index (Phi) is 7.79. The van der Waals surface area contributed by atoms with Gasteiger partial charge < -0.3 is 14.5 Å². The lowest BCUT2D eigenvalue weighted by molar-refractivity contribution is 0.0733. The zero-order chi connectivity index (χ0) is 28.2. The standard InChI is InChI=1S/C32H26BrN3O4/c1-19-14-20(2)29-26(15-19)28(21-8-5-4-6-9-21)30(35-29)31(37)36-34-18-23-16-24(33)12-13-27(23)40-32(38)22-10-7-11-25(17-22)39-3/h4-18,35H,1-3H3,(H,36,37). The lowest BCUT2D eigenvalue weighted by atomic mass is 9.99. The van der Waals surface area contributed by atoms with E-state index in [1.54, 1.807) is 42.5 Å². The van der Waals surface area contributed by atoms with Crippen molar-refractivity contribution in [1.29, 1.82) is 0 Å². The van der Waals surface area contributed by atoms with Crippen molar-refractivity contribution < 1.29 is 19.1 Å². The quantitative estimate of drug-likeness (QED) is 0.0899. The number of rotatable bonds is 7. The van der Waals surface area contributed by atoms with Gasteiger partial charge >= 0.3 is 5.97 Å². The van der Waals surface area contributed by atoms with Crippen LogP contribution in [0.5, 0.6) is 11.5 Å². The van der Waals surface area contributed by atoms with Crippen molar-refractivity contribution in [2.75, 3.05) is 7.11 Å². The molecule has 0 aliphatic heterocycles. The van der Waals surface area contributed by atoms with Crippen LogP contribution in [0.2, 0.25) is 0 Å². The third-order valence-electron chi connectivity index (χ3n) is 6.39. The summed E-state index contributed by atoms with van der Waals surface area (Å²) >= 11 is 3.44. The molecule has 0 saturated heterocycles. The maximum absolute atomic E-state index is 13.4. The molecular weight excluding hydrogens is 570 g/mol. The van der Waals surface area contributed by atoms with Crippen LogP contribution >= 0.6 is 15.9 Å². The molecular formula is C32H26BrN3O4. The number of aromatic nitrogens is 1. The molecule has 0 unspecified atom stereocenters. The van der Waals surface area contributed by atoms with Crippen LogP contribution in [0, 0.1) is 13.8 Å². The summed E-state index contributed by atoms with van der Waals surface area (Å²) in [6.07, 6.45) is 1.44. The molecule has 0 radical (unpaired) electrons. The minimum absolute atomic E-state index is 0.288.